The van der Waals surface area contributed by atoms with Crippen molar-refractivity contribution in [2.45, 2.75) is 63.6 Å². The summed E-state index contributed by atoms with van der Waals surface area (Å²) >= 11 is 0. The minimum Gasteiger partial charge on any atom is -0.444 e. The summed E-state index contributed by atoms with van der Waals surface area (Å²) in [5.41, 5.74) is 7.11. The summed E-state index contributed by atoms with van der Waals surface area (Å²) in [6, 6.07) is 7.73. The van der Waals surface area contributed by atoms with Crippen LogP contribution in [0.3, 0.4) is 0 Å². The van der Waals surface area contributed by atoms with E-state index in [1.807, 2.05) is 45.0 Å². The lowest BCUT2D eigenvalue weighted by Gasteiger charge is -2.39. The topological polar surface area (TPSA) is 84.6 Å². The van der Waals surface area contributed by atoms with Crippen LogP contribution in [0.25, 0.3) is 0 Å². The molecular formula is C18H28N2O3. The molecule has 0 radical (unpaired) electrons. The molecule has 1 aliphatic carbocycles. The number of hydrogen-bond acceptors (Lipinski definition) is 4. The van der Waals surface area contributed by atoms with Gasteiger partial charge in [-0.25, -0.2) is 4.79 Å². The molecule has 0 bridgehead atoms. The first-order chi connectivity index (χ1) is 10.8. The molecule has 1 amide bonds. The number of amides is 1. The van der Waals surface area contributed by atoms with E-state index in [-0.39, 0.29) is 11.5 Å². The van der Waals surface area contributed by atoms with E-state index in [2.05, 4.69) is 5.32 Å². The number of ether oxygens (including phenoxy) is 1. The van der Waals surface area contributed by atoms with Crippen molar-refractivity contribution in [3.05, 3.63) is 29.8 Å². The molecule has 1 saturated carbocycles. The van der Waals surface area contributed by atoms with Gasteiger partial charge in [0.05, 0.1) is 6.10 Å². The van der Waals surface area contributed by atoms with Gasteiger partial charge in [-0.2, -0.15) is 0 Å². The van der Waals surface area contributed by atoms with Crippen molar-refractivity contribution < 1.29 is 14.6 Å². The molecule has 0 spiro atoms. The van der Waals surface area contributed by atoms with E-state index in [4.69, 9.17) is 10.5 Å². The van der Waals surface area contributed by atoms with Crippen molar-refractivity contribution in [2.24, 2.45) is 5.73 Å². The molecule has 0 heterocycles. The largest absolute Gasteiger partial charge is 0.444 e. The van der Waals surface area contributed by atoms with E-state index in [9.17, 15) is 9.90 Å². The van der Waals surface area contributed by atoms with Gasteiger partial charge in [-0.15, -0.1) is 0 Å². The Hall–Kier alpha value is -1.59. The van der Waals surface area contributed by atoms with E-state index in [0.29, 0.717) is 6.54 Å². The van der Waals surface area contributed by atoms with Gasteiger partial charge in [0.2, 0.25) is 0 Å². The zero-order chi connectivity index (χ0) is 17.1. The minimum atomic E-state index is -0.542. The van der Waals surface area contributed by atoms with Crippen LogP contribution in [-0.4, -0.2) is 29.4 Å². The number of carbonyl (C=O) groups is 1. The average Bonchev–Trinajstić information content (AvgIpc) is 2.47. The minimum absolute atomic E-state index is 0.204. The van der Waals surface area contributed by atoms with Crippen LogP contribution in [-0.2, 0) is 10.2 Å². The smallest absolute Gasteiger partial charge is 0.412 e. The maximum atomic E-state index is 12.1. The van der Waals surface area contributed by atoms with Crippen molar-refractivity contribution in [3.63, 3.8) is 0 Å². The average molecular weight is 320 g/mol. The van der Waals surface area contributed by atoms with Gasteiger partial charge >= 0.3 is 6.09 Å². The number of aliphatic hydroxyl groups excluding tert-OH is 1. The van der Waals surface area contributed by atoms with E-state index >= 15 is 0 Å². The molecule has 0 atom stereocenters. The predicted octanol–water partition coefficient (Wildman–Crippen LogP) is 3.17. The van der Waals surface area contributed by atoms with Gasteiger partial charge in [0.15, 0.2) is 0 Å². The van der Waals surface area contributed by atoms with Crippen LogP contribution in [0, 0.1) is 0 Å². The fourth-order valence-electron chi connectivity index (χ4n) is 3.21. The number of rotatable bonds is 3. The highest BCUT2D eigenvalue weighted by Gasteiger charge is 2.37. The van der Waals surface area contributed by atoms with Crippen LogP contribution >= 0.6 is 0 Å². The van der Waals surface area contributed by atoms with E-state index < -0.39 is 11.7 Å². The highest BCUT2D eigenvalue weighted by molar-refractivity contribution is 5.86. The lowest BCUT2D eigenvalue weighted by atomic mass is 9.68. The van der Waals surface area contributed by atoms with Crippen molar-refractivity contribution in [2.75, 3.05) is 11.9 Å². The first-order valence-electron chi connectivity index (χ1n) is 8.23. The SMILES string of the molecule is CC(C)(C)OC(=O)Nc1ccccc1C1(CN)CCC(O)CC1. The molecule has 0 unspecified atom stereocenters. The normalized spacial score (nSPS) is 25.0. The molecule has 23 heavy (non-hydrogen) atoms. The molecule has 1 fully saturated rings. The predicted molar refractivity (Wildman–Crippen MR) is 91.5 cm³/mol. The van der Waals surface area contributed by atoms with Crippen LogP contribution in [0.15, 0.2) is 24.3 Å². The lowest BCUT2D eigenvalue weighted by Crippen LogP contribution is -2.41. The Morgan fingerprint density at radius 2 is 1.96 bits per heavy atom. The molecule has 128 valence electrons. The summed E-state index contributed by atoms with van der Waals surface area (Å²) in [5.74, 6) is 0. The maximum Gasteiger partial charge on any atom is 0.412 e. The van der Waals surface area contributed by atoms with Gasteiger partial charge in [-0.1, -0.05) is 18.2 Å². The van der Waals surface area contributed by atoms with Crippen molar-refractivity contribution in [3.8, 4) is 0 Å². The summed E-state index contributed by atoms with van der Waals surface area (Å²) in [5, 5.41) is 12.7. The van der Waals surface area contributed by atoms with Gasteiger partial charge in [0, 0.05) is 17.6 Å². The molecule has 0 aromatic heterocycles. The fourth-order valence-corrected chi connectivity index (χ4v) is 3.21. The van der Waals surface area contributed by atoms with Crippen molar-refractivity contribution in [1.29, 1.82) is 0 Å². The van der Waals surface area contributed by atoms with Crippen LogP contribution in [0.5, 0.6) is 0 Å². The molecule has 5 nitrogen and oxygen atoms in total. The van der Waals surface area contributed by atoms with Gasteiger partial charge in [0.25, 0.3) is 0 Å². The zero-order valence-corrected chi connectivity index (χ0v) is 14.3. The Morgan fingerprint density at radius 3 is 2.52 bits per heavy atom. The van der Waals surface area contributed by atoms with E-state index in [0.717, 1.165) is 36.9 Å². The second-order valence-electron chi connectivity index (χ2n) is 7.39. The van der Waals surface area contributed by atoms with E-state index in [1.54, 1.807) is 0 Å². The lowest BCUT2D eigenvalue weighted by molar-refractivity contribution is 0.0634. The maximum absolute atomic E-state index is 12.1. The number of nitrogens with two attached hydrogens (primary N) is 1. The van der Waals surface area contributed by atoms with Crippen molar-refractivity contribution >= 4 is 11.8 Å². The summed E-state index contributed by atoms with van der Waals surface area (Å²) in [4.78, 5) is 12.1. The third-order valence-electron chi connectivity index (χ3n) is 4.44. The number of benzene rings is 1. The molecule has 4 N–H and O–H groups in total. The third-order valence-corrected chi connectivity index (χ3v) is 4.44. The summed E-state index contributed by atoms with van der Waals surface area (Å²) < 4.78 is 5.35. The molecular weight excluding hydrogens is 292 g/mol. The molecule has 1 aromatic rings. The molecule has 2 rings (SSSR count). The van der Waals surface area contributed by atoms with Gasteiger partial charge in [-0.3, -0.25) is 5.32 Å². The zero-order valence-electron chi connectivity index (χ0n) is 14.3. The summed E-state index contributed by atoms with van der Waals surface area (Å²) in [7, 11) is 0. The quantitative estimate of drug-likeness (QED) is 0.798. The summed E-state index contributed by atoms with van der Waals surface area (Å²) in [6.07, 6.45) is 2.39. The first kappa shape index (κ1) is 17.8. The van der Waals surface area contributed by atoms with Crippen LogP contribution in [0.2, 0.25) is 0 Å². The highest BCUT2D eigenvalue weighted by Crippen LogP contribution is 2.41. The molecule has 0 saturated heterocycles. The van der Waals surface area contributed by atoms with E-state index in [1.165, 1.54) is 0 Å². The van der Waals surface area contributed by atoms with Crippen LogP contribution < -0.4 is 11.1 Å². The van der Waals surface area contributed by atoms with Crippen molar-refractivity contribution in [1.82, 2.24) is 0 Å². The number of hydrogen-bond donors (Lipinski definition) is 3. The monoisotopic (exact) mass is 320 g/mol. The number of anilines is 1. The second kappa shape index (κ2) is 6.89. The first-order valence-corrected chi connectivity index (χ1v) is 8.23. The Kier molecular flexibility index (Phi) is 5.32. The number of para-hydroxylation sites is 1. The fraction of sp³-hybridized carbons (Fsp3) is 0.611. The van der Waals surface area contributed by atoms with Crippen LogP contribution in [0.4, 0.5) is 10.5 Å². The van der Waals surface area contributed by atoms with Gasteiger partial charge in [-0.05, 0) is 58.1 Å². The third kappa shape index (κ3) is 4.45. The number of carbonyl (C=O) groups excluding carboxylic acids is 1. The number of nitrogens with one attached hydrogen (secondary N) is 1. The molecule has 0 aliphatic heterocycles. The van der Waals surface area contributed by atoms with Crippen LogP contribution in [0.1, 0.15) is 52.0 Å². The Bertz CT molecular complexity index is 543. The molecule has 1 aromatic carbocycles. The summed E-state index contributed by atoms with van der Waals surface area (Å²) in [6.45, 7) is 6.00. The van der Waals surface area contributed by atoms with Gasteiger partial charge < -0.3 is 15.6 Å². The Morgan fingerprint density at radius 1 is 1.35 bits per heavy atom. The molecule has 5 heteroatoms. The Labute approximate surface area is 138 Å². The highest BCUT2D eigenvalue weighted by atomic mass is 16.6. The second-order valence-corrected chi connectivity index (χ2v) is 7.39. The molecule has 1 aliphatic rings. The van der Waals surface area contributed by atoms with Gasteiger partial charge in [0.1, 0.15) is 5.60 Å². The Balaban J connectivity index is 2.24. The number of aliphatic hydroxyl groups is 1. The standard InChI is InChI=1S/C18H28N2O3/c1-17(2,3)23-16(22)20-15-7-5-4-6-14(15)18(12-19)10-8-13(21)9-11-18/h4-7,13,21H,8-12,19H2,1-3H3,(H,20,22).